The first-order valence-electron chi connectivity index (χ1n) is 3.64. The van der Waals surface area contributed by atoms with Crippen molar-refractivity contribution >= 4 is 5.91 Å². The van der Waals surface area contributed by atoms with E-state index in [-0.39, 0.29) is 11.8 Å². The van der Waals surface area contributed by atoms with Gasteiger partial charge in [0.15, 0.2) is 0 Å². The summed E-state index contributed by atoms with van der Waals surface area (Å²) in [5.74, 6) is 0.176. The Bertz CT molecular complexity index is 147. The first-order chi connectivity index (χ1) is 4.66. The van der Waals surface area contributed by atoms with E-state index in [1.54, 1.807) is 0 Å². The highest BCUT2D eigenvalue weighted by Crippen LogP contribution is 2.21. The van der Waals surface area contributed by atoms with E-state index < -0.39 is 6.23 Å². The number of nitrogens with zero attached hydrogens (tertiary/aromatic N) is 1. The zero-order valence-electron chi connectivity index (χ0n) is 6.37. The van der Waals surface area contributed by atoms with Gasteiger partial charge in [0.05, 0.1) is 0 Å². The van der Waals surface area contributed by atoms with Crippen molar-refractivity contribution in [3.05, 3.63) is 0 Å². The zero-order chi connectivity index (χ0) is 7.72. The van der Waals surface area contributed by atoms with Gasteiger partial charge in [0.1, 0.15) is 6.23 Å². The summed E-state index contributed by atoms with van der Waals surface area (Å²) in [6, 6.07) is 0. The maximum atomic E-state index is 11.0. The van der Waals surface area contributed by atoms with Crippen molar-refractivity contribution in [3.63, 3.8) is 0 Å². The van der Waals surface area contributed by atoms with Gasteiger partial charge in [-0.3, -0.25) is 4.79 Å². The summed E-state index contributed by atoms with van der Waals surface area (Å²) < 4.78 is 0. The van der Waals surface area contributed by atoms with Gasteiger partial charge in [0.2, 0.25) is 5.91 Å². The van der Waals surface area contributed by atoms with Crippen LogP contribution in [-0.2, 0) is 4.79 Å². The number of amides is 1. The van der Waals surface area contributed by atoms with Crippen molar-refractivity contribution in [2.75, 3.05) is 6.54 Å². The van der Waals surface area contributed by atoms with Crippen LogP contribution in [0.5, 0.6) is 0 Å². The van der Waals surface area contributed by atoms with E-state index >= 15 is 0 Å². The van der Waals surface area contributed by atoms with Gasteiger partial charge in [-0.15, -0.1) is 0 Å². The van der Waals surface area contributed by atoms with Crippen molar-refractivity contribution in [1.29, 1.82) is 0 Å². The molecule has 1 saturated heterocycles. The van der Waals surface area contributed by atoms with Crippen LogP contribution in [0.15, 0.2) is 0 Å². The maximum absolute atomic E-state index is 11.0. The molecular weight excluding hydrogens is 130 g/mol. The second-order valence-corrected chi connectivity index (χ2v) is 2.77. The summed E-state index contributed by atoms with van der Waals surface area (Å²) >= 11 is 0. The molecule has 0 aromatic rings. The molecule has 3 heteroatoms. The Labute approximate surface area is 60.6 Å². The molecule has 1 fully saturated rings. The van der Waals surface area contributed by atoms with Crippen LogP contribution in [-0.4, -0.2) is 28.7 Å². The average Bonchev–Trinajstić information content (AvgIpc) is 2.09. The minimum absolute atomic E-state index is 0.0718. The lowest BCUT2D eigenvalue weighted by atomic mass is 10.1. The van der Waals surface area contributed by atoms with Crippen LogP contribution < -0.4 is 0 Å². The molecule has 10 heavy (non-hydrogen) atoms. The smallest absolute Gasteiger partial charge is 0.225 e. The summed E-state index contributed by atoms with van der Waals surface area (Å²) in [6.45, 7) is 4.38. The molecule has 1 amide bonds. The van der Waals surface area contributed by atoms with Gasteiger partial charge in [-0.1, -0.05) is 6.92 Å². The molecule has 0 aromatic carbocycles. The number of aliphatic hydroxyl groups excluding tert-OH is 1. The Morgan fingerprint density at radius 2 is 2.40 bits per heavy atom. The van der Waals surface area contributed by atoms with Crippen LogP contribution in [0, 0.1) is 5.92 Å². The number of likely N-dealkylation sites (tertiary alicyclic amines) is 1. The lowest BCUT2D eigenvalue weighted by molar-refractivity contribution is -0.133. The number of hydrogen-bond acceptors (Lipinski definition) is 2. The summed E-state index contributed by atoms with van der Waals surface area (Å²) in [6.07, 6.45) is -0.0489. The van der Waals surface area contributed by atoms with Crippen molar-refractivity contribution in [2.24, 2.45) is 5.92 Å². The highest BCUT2D eigenvalue weighted by atomic mass is 16.3. The van der Waals surface area contributed by atoms with E-state index in [1.807, 2.05) is 13.8 Å². The topological polar surface area (TPSA) is 40.5 Å². The molecule has 1 aliphatic heterocycles. The standard InChI is InChI=1S/C7H13NO2/c1-3-8-6(9)4-5(2)7(8)10/h5,7,10H,3-4H2,1-2H3. The predicted molar refractivity (Wildman–Crippen MR) is 37.2 cm³/mol. The van der Waals surface area contributed by atoms with E-state index in [0.29, 0.717) is 13.0 Å². The molecule has 1 heterocycles. The molecule has 58 valence electrons. The number of carbonyl (C=O) groups excluding carboxylic acids is 1. The minimum Gasteiger partial charge on any atom is -0.373 e. The van der Waals surface area contributed by atoms with Gasteiger partial charge in [0, 0.05) is 18.9 Å². The fourth-order valence-electron chi connectivity index (χ4n) is 1.32. The van der Waals surface area contributed by atoms with Gasteiger partial charge < -0.3 is 10.0 Å². The van der Waals surface area contributed by atoms with Crippen LogP contribution in [0.1, 0.15) is 20.3 Å². The number of rotatable bonds is 1. The van der Waals surface area contributed by atoms with Crippen LogP contribution in [0.2, 0.25) is 0 Å². The van der Waals surface area contributed by atoms with Crippen LogP contribution in [0.4, 0.5) is 0 Å². The molecule has 0 saturated carbocycles. The van der Waals surface area contributed by atoms with Crippen molar-refractivity contribution in [3.8, 4) is 0 Å². The normalized spacial score (nSPS) is 33.5. The molecule has 0 radical (unpaired) electrons. The van der Waals surface area contributed by atoms with Crippen molar-refractivity contribution in [2.45, 2.75) is 26.5 Å². The second-order valence-electron chi connectivity index (χ2n) is 2.77. The number of carbonyl (C=O) groups is 1. The SMILES string of the molecule is CCN1C(=O)CC(C)C1O. The molecule has 1 N–H and O–H groups in total. The average molecular weight is 143 g/mol. The summed E-state index contributed by atoms with van der Waals surface area (Å²) in [4.78, 5) is 12.5. The van der Waals surface area contributed by atoms with Gasteiger partial charge in [-0.2, -0.15) is 0 Å². The minimum atomic E-state index is -0.544. The van der Waals surface area contributed by atoms with E-state index in [9.17, 15) is 9.90 Å². The summed E-state index contributed by atoms with van der Waals surface area (Å²) in [5, 5.41) is 9.33. The monoisotopic (exact) mass is 143 g/mol. The fraction of sp³-hybridized carbons (Fsp3) is 0.857. The molecule has 2 atom stereocenters. The molecule has 3 nitrogen and oxygen atoms in total. The Morgan fingerprint density at radius 3 is 2.60 bits per heavy atom. The number of aliphatic hydroxyl groups is 1. The van der Waals surface area contributed by atoms with E-state index in [0.717, 1.165) is 0 Å². The third-order valence-electron chi connectivity index (χ3n) is 1.99. The van der Waals surface area contributed by atoms with Crippen LogP contribution in [0.3, 0.4) is 0 Å². The fourth-order valence-corrected chi connectivity index (χ4v) is 1.32. The van der Waals surface area contributed by atoms with E-state index in [4.69, 9.17) is 0 Å². The van der Waals surface area contributed by atoms with Crippen LogP contribution >= 0.6 is 0 Å². The number of hydrogen-bond donors (Lipinski definition) is 1. The predicted octanol–water partition coefficient (Wildman–Crippen LogP) is 0.193. The Balaban J connectivity index is 2.64. The Hall–Kier alpha value is -0.570. The first-order valence-corrected chi connectivity index (χ1v) is 3.64. The Kier molecular flexibility index (Phi) is 1.94. The largest absolute Gasteiger partial charge is 0.373 e. The first kappa shape index (κ1) is 7.54. The van der Waals surface area contributed by atoms with Crippen molar-refractivity contribution < 1.29 is 9.90 Å². The molecule has 0 bridgehead atoms. The van der Waals surface area contributed by atoms with Gasteiger partial charge in [0.25, 0.3) is 0 Å². The molecule has 1 aliphatic rings. The third kappa shape index (κ3) is 1.01. The van der Waals surface area contributed by atoms with E-state index in [1.165, 1.54) is 4.90 Å². The quantitative estimate of drug-likeness (QED) is 0.569. The molecule has 1 rings (SSSR count). The highest BCUT2D eigenvalue weighted by Gasteiger charge is 2.34. The summed E-state index contributed by atoms with van der Waals surface area (Å²) in [7, 11) is 0. The van der Waals surface area contributed by atoms with Gasteiger partial charge >= 0.3 is 0 Å². The van der Waals surface area contributed by atoms with E-state index in [2.05, 4.69) is 0 Å². The van der Waals surface area contributed by atoms with Crippen LogP contribution in [0.25, 0.3) is 0 Å². The molecular formula is C7H13NO2. The molecule has 0 spiro atoms. The Morgan fingerprint density at radius 1 is 1.80 bits per heavy atom. The van der Waals surface area contributed by atoms with Gasteiger partial charge in [-0.25, -0.2) is 0 Å². The molecule has 2 unspecified atom stereocenters. The molecule has 0 aliphatic carbocycles. The third-order valence-corrected chi connectivity index (χ3v) is 1.99. The summed E-state index contributed by atoms with van der Waals surface area (Å²) in [5.41, 5.74) is 0. The lowest BCUT2D eigenvalue weighted by Gasteiger charge is -2.19. The molecule has 0 aromatic heterocycles. The second kappa shape index (κ2) is 2.58. The van der Waals surface area contributed by atoms with Crippen molar-refractivity contribution in [1.82, 2.24) is 4.90 Å². The maximum Gasteiger partial charge on any atom is 0.225 e. The lowest BCUT2D eigenvalue weighted by Crippen LogP contribution is -2.34. The zero-order valence-corrected chi connectivity index (χ0v) is 6.37. The highest BCUT2D eigenvalue weighted by molar-refractivity contribution is 5.78. The van der Waals surface area contributed by atoms with Gasteiger partial charge in [-0.05, 0) is 6.92 Å².